The lowest BCUT2D eigenvalue weighted by molar-refractivity contribution is -0.130. The summed E-state index contributed by atoms with van der Waals surface area (Å²) in [5.41, 5.74) is 2.29. The molecule has 1 amide bonds. The van der Waals surface area contributed by atoms with Gasteiger partial charge in [-0.05, 0) is 29.8 Å². The number of hydrogen-bond acceptors (Lipinski definition) is 3. The van der Waals surface area contributed by atoms with Crippen LogP contribution < -0.4 is 4.90 Å². The third-order valence-electron chi connectivity index (χ3n) is 3.46. The van der Waals surface area contributed by atoms with Crippen LogP contribution in [-0.2, 0) is 17.8 Å². The predicted octanol–water partition coefficient (Wildman–Crippen LogP) is 2.94. The van der Waals surface area contributed by atoms with E-state index in [4.69, 9.17) is 4.42 Å². The quantitative estimate of drug-likeness (QED) is 0.819. The Morgan fingerprint density at radius 3 is 2.38 bits per heavy atom. The average molecular weight is 286 g/mol. The molecule has 0 radical (unpaired) electrons. The first kappa shape index (κ1) is 15.2. The first-order valence-electron chi connectivity index (χ1n) is 7.09. The van der Waals surface area contributed by atoms with E-state index < -0.39 is 0 Å². The average Bonchev–Trinajstić information content (AvgIpc) is 2.98. The van der Waals surface area contributed by atoms with E-state index >= 15 is 0 Å². The summed E-state index contributed by atoms with van der Waals surface area (Å²) in [7, 11) is 5.86. The number of hydrogen-bond donors (Lipinski definition) is 0. The van der Waals surface area contributed by atoms with Gasteiger partial charge in [0.2, 0.25) is 5.91 Å². The highest BCUT2D eigenvalue weighted by Gasteiger charge is 2.10. The van der Waals surface area contributed by atoms with Gasteiger partial charge in [0.1, 0.15) is 5.76 Å². The molecule has 0 bridgehead atoms. The number of rotatable bonds is 6. The Morgan fingerprint density at radius 1 is 1.10 bits per heavy atom. The molecule has 0 aliphatic carbocycles. The fraction of sp³-hybridized carbons (Fsp3) is 0.353. The van der Waals surface area contributed by atoms with Gasteiger partial charge in [-0.3, -0.25) is 4.79 Å². The van der Waals surface area contributed by atoms with Gasteiger partial charge in [-0.25, -0.2) is 0 Å². The van der Waals surface area contributed by atoms with Crippen molar-refractivity contribution in [2.45, 2.75) is 19.4 Å². The highest BCUT2D eigenvalue weighted by Crippen LogP contribution is 2.14. The van der Waals surface area contributed by atoms with Crippen molar-refractivity contribution < 1.29 is 9.21 Å². The zero-order chi connectivity index (χ0) is 15.2. The lowest BCUT2D eigenvalue weighted by Crippen LogP contribution is -2.26. The lowest BCUT2D eigenvalue weighted by Gasteiger charge is -2.18. The molecule has 0 spiro atoms. The molecule has 0 aliphatic rings. The molecule has 2 aromatic rings. The summed E-state index contributed by atoms with van der Waals surface area (Å²) in [6.45, 7) is 0.630. The second kappa shape index (κ2) is 6.97. The minimum absolute atomic E-state index is 0.128. The normalized spacial score (nSPS) is 10.4. The number of carbonyl (C=O) groups is 1. The van der Waals surface area contributed by atoms with Crippen molar-refractivity contribution in [1.29, 1.82) is 0 Å². The SMILES string of the molecule is CN(Cc1ccc(N(C)C)cc1)C(=O)CCc1ccco1. The summed E-state index contributed by atoms with van der Waals surface area (Å²) in [5, 5.41) is 0. The van der Waals surface area contributed by atoms with E-state index in [0.717, 1.165) is 17.0 Å². The highest BCUT2D eigenvalue weighted by atomic mass is 16.3. The minimum Gasteiger partial charge on any atom is -0.469 e. The molecule has 4 nitrogen and oxygen atoms in total. The van der Waals surface area contributed by atoms with Crippen molar-refractivity contribution in [1.82, 2.24) is 4.90 Å². The van der Waals surface area contributed by atoms with Gasteiger partial charge < -0.3 is 14.2 Å². The van der Waals surface area contributed by atoms with Gasteiger partial charge in [0.25, 0.3) is 0 Å². The van der Waals surface area contributed by atoms with Crippen LogP contribution in [0, 0.1) is 0 Å². The fourth-order valence-corrected chi connectivity index (χ4v) is 2.14. The van der Waals surface area contributed by atoms with E-state index in [1.54, 1.807) is 11.2 Å². The number of nitrogens with zero attached hydrogens (tertiary/aromatic N) is 2. The van der Waals surface area contributed by atoms with Crippen molar-refractivity contribution in [3.05, 3.63) is 54.0 Å². The molecule has 0 saturated heterocycles. The van der Waals surface area contributed by atoms with E-state index in [0.29, 0.717) is 19.4 Å². The molecule has 0 atom stereocenters. The third-order valence-corrected chi connectivity index (χ3v) is 3.46. The Balaban J connectivity index is 1.85. The lowest BCUT2D eigenvalue weighted by atomic mass is 10.1. The number of aryl methyl sites for hydroxylation is 1. The number of amides is 1. The summed E-state index contributed by atoms with van der Waals surface area (Å²) in [4.78, 5) is 15.9. The number of carbonyl (C=O) groups excluding carboxylic acids is 1. The molecule has 4 heteroatoms. The smallest absolute Gasteiger partial charge is 0.223 e. The topological polar surface area (TPSA) is 36.7 Å². The predicted molar refractivity (Wildman–Crippen MR) is 84.3 cm³/mol. The summed E-state index contributed by atoms with van der Waals surface area (Å²) in [6.07, 6.45) is 2.76. The first-order chi connectivity index (χ1) is 10.1. The molecule has 1 aromatic heterocycles. The highest BCUT2D eigenvalue weighted by molar-refractivity contribution is 5.76. The van der Waals surface area contributed by atoms with Crippen molar-refractivity contribution in [2.24, 2.45) is 0 Å². The second-order valence-electron chi connectivity index (χ2n) is 5.39. The Morgan fingerprint density at radius 2 is 1.81 bits per heavy atom. The molecule has 0 aliphatic heterocycles. The zero-order valence-electron chi connectivity index (χ0n) is 12.9. The monoisotopic (exact) mass is 286 g/mol. The maximum absolute atomic E-state index is 12.1. The van der Waals surface area contributed by atoms with Crippen molar-refractivity contribution in [3.8, 4) is 0 Å². The molecule has 1 heterocycles. The first-order valence-corrected chi connectivity index (χ1v) is 7.09. The molecule has 112 valence electrons. The van der Waals surface area contributed by atoms with Crippen molar-refractivity contribution >= 4 is 11.6 Å². The summed E-state index contributed by atoms with van der Waals surface area (Å²) >= 11 is 0. The molecule has 0 N–H and O–H groups in total. The van der Waals surface area contributed by atoms with Gasteiger partial charge in [0, 0.05) is 46.2 Å². The molecular formula is C17H22N2O2. The van der Waals surface area contributed by atoms with E-state index in [2.05, 4.69) is 29.2 Å². The van der Waals surface area contributed by atoms with Gasteiger partial charge in [-0.1, -0.05) is 12.1 Å². The standard InChI is InChI=1S/C17H22N2O2/c1-18(2)15-8-6-14(7-9-15)13-19(3)17(20)11-10-16-5-4-12-21-16/h4-9,12H,10-11,13H2,1-3H3. The van der Waals surface area contributed by atoms with Crippen LogP contribution in [0.25, 0.3) is 0 Å². The van der Waals surface area contributed by atoms with Gasteiger partial charge >= 0.3 is 0 Å². The Labute approximate surface area is 126 Å². The Hall–Kier alpha value is -2.23. The van der Waals surface area contributed by atoms with E-state index in [9.17, 15) is 4.79 Å². The summed E-state index contributed by atoms with van der Waals surface area (Å²) < 4.78 is 5.24. The van der Waals surface area contributed by atoms with Crippen LogP contribution in [0.2, 0.25) is 0 Å². The zero-order valence-corrected chi connectivity index (χ0v) is 12.9. The molecule has 21 heavy (non-hydrogen) atoms. The van der Waals surface area contributed by atoms with Gasteiger partial charge in [-0.15, -0.1) is 0 Å². The number of benzene rings is 1. The summed E-state index contributed by atoms with van der Waals surface area (Å²) in [6, 6.07) is 12.0. The maximum Gasteiger partial charge on any atom is 0.223 e. The molecule has 0 saturated carbocycles. The van der Waals surface area contributed by atoms with Crippen LogP contribution in [0.15, 0.2) is 47.1 Å². The van der Waals surface area contributed by atoms with Gasteiger partial charge in [0.05, 0.1) is 6.26 Å². The van der Waals surface area contributed by atoms with Crippen LogP contribution >= 0.6 is 0 Å². The number of furan rings is 1. The molecular weight excluding hydrogens is 264 g/mol. The van der Waals surface area contributed by atoms with Crippen molar-refractivity contribution in [3.63, 3.8) is 0 Å². The fourth-order valence-electron chi connectivity index (χ4n) is 2.14. The van der Waals surface area contributed by atoms with Gasteiger partial charge in [0.15, 0.2) is 0 Å². The Bertz CT molecular complexity index is 559. The minimum atomic E-state index is 0.128. The Kier molecular flexibility index (Phi) is 5.04. The largest absolute Gasteiger partial charge is 0.469 e. The van der Waals surface area contributed by atoms with Crippen LogP contribution in [0.5, 0.6) is 0 Å². The summed E-state index contributed by atoms with van der Waals surface area (Å²) in [5.74, 6) is 0.982. The van der Waals surface area contributed by atoms with Crippen LogP contribution in [-0.4, -0.2) is 32.0 Å². The van der Waals surface area contributed by atoms with Gasteiger partial charge in [-0.2, -0.15) is 0 Å². The van der Waals surface area contributed by atoms with E-state index in [-0.39, 0.29) is 5.91 Å². The number of anilines is 1. The van der Waals surface area contributed by atoms with E-state index in [1.807, 2.05) is 33.3 Å². The van der Waals surface area contributed by atoms with Crippen LogP contribution in [0.3, 0.4) is 0 Å². The molecule has 0 fully saturated rings. The van der Waals surface area contributed by atoms with Crippen LogP contribution in [0.1, 0.15) is 17.7 Å². The second-order valence-corrected chi connectivity index (χ2v) is 5.39. The van der Waals surface area contributed by atoms with Crippen LogP contribution in [0.4, 0.5) is 5.69 Å². The molecule has 1 aromatic carbocycles. The maximum atomic E-state index is 12.1. The van der Waals surface area contributed by atoms with E-state index in [1.165, 1.54) is 0 Å². The molecule has 2 rings (SSSR count). The molecule has 0 unspecified atom stereocenters. The van der Waals surface area contributed by atoms with Crippen molar-refractivity contribution in [2.75, 3.05) is 26.0 Å². The third kappa shape index (κ3) is 4.38.